The zero-order chi connectivity index (χ0) is 19.3. The third-order valence-corrected chi connectivity index (χ3v) is 3.79. The van der Waals surface area contributed by atoms with Crippen LogP contribution in [0.25, 0.3) is 0 Å². The van der Waals surface area contributed by atoms with Crippen molar-refractivity contribution in [3.8, 4) is 0 Å². The number of carbonyl (C=O) groups is 2. The number of nitro groups is 1. The Balaban J connectivity index is 1.98. The molecule has 0 spiro atoms. The Morgan fingerprint density at radius 1 is 1.08 bits per heavy atom. The van der Waals surface area contributed by atoms with E-state index >= 15 is 0 Å². The first kappa shape index (κ1) is 19.1. The highest BCUT2D eigenvalue weighted by atomic mass is 16.6. The van der Waals surface area contributed by atoms with E-state index in [4.69, 9.17) is 4.74 Å². The van der Waals surface area contributed by atoms with Gasteiger partial charge in [-0.25, -0.2) is 4.79 Å². The van der Waals surface area contributed by atoms with Crippen LogP contribution in [0.15, 0.2) is 48.5 Å². The summed E-state index contributed by atoms with van der Waals surface area (Å²) in [4.78, 5) is 34.5. The quantitative estimate of drug-likeness (QED) is 0.481. The molecule has 0 aromatic heterocycles. The molecule has 0 bridgehead atoms. The van der Waals surface area contributed by atoms with Crippen LogP contribution >= 0.6 is 0 Å². The minimum Gasteiger partial charge on any atom is -0.449 e. The molecule has 7 heteroatoms. The second-order valence-corrected chi connectivity index (χ2v) is 6.12. The SMILES string of the molecule is CC(C)c1ccc(C(=O)O[C@@H](C)C(=O)Nc2cccc([N+](=O)[O-])c2)cc1. The van der Waals surface area contributed by atoms with Gasteiger partial charge in [0, 0.05) is 17.8 Å². The molecule has 136 valence electrons. The maximum atomic E-state index is 12.1. The molecular formula is C19H20N2O5. The van der Waals surface area contributed by atoms with Gasteiger partial charge in [-0.1, -0.05) is 32.0 Å². The van der Waals surface area contributed by atoms with Crippen LogP contribution in [0.2, 0.25) is 0 Å². The van der Waals surface area contributed by atoms with E-state index in [0.717, 1.165) is 5.56 Å². The van der Waals surface area contributed by atoms with Crippen LogP contribution in [0.5, 0.6) is 0 Å². The number of nitrogens with one attached hydrogen (secondary N) is 1. The number of hydrogen-bond donors (Lipinski definition) is 1. The Hall–Kier alpha value is -3.22. The smallest absolute Gasteiger partial charge is 0.338 e. The molecule has 7 nitrogen and oxygen atoms in total. The van der Waals surface area contributed by atoms with Gasteiger partial charge in [-0.05, 0) is 36.6 Å². The van der Waals surface area contributed by atoms with Gasteiger partial charge in [-0.3, -0.25) is 14.9 Å². The predicted octanol–water partition coefficient (Wildman–Crippen LogP) is 3.90. The molecule has 0 heterocycles. The maximum Gasteiger partial charge on any atom is 0.338 e. The molecule has 1 N–H and O–H groups in total. The van der Waals surface area contributed by atoms with Crippen LogP contribution in [0, 0.1) is 10.1 Å². The molecule has 2 rings (SSSR count). The van der Waals surface area contributed by atoms with Crippen molar-refractivity contribution >= 4 is 23.3 Å². The van der Waals surface area contributed by atoms with Gasteiger partial charge in [-0.2, -0.15) is 0 Å². The first-order valence-corrected chi connectivity index (χ1v) is 8.14. The third-order valence-electron chi connectivity index (χ3n) is 3.79. The number of esters is 1. The lowest BCUT2D eigenvalue weighted by atomic mass is 10.0. The van der Waals surface area contributed by atoms with Gasteiger partial charge in [0.25, 0.3) is 11.6 Å². The van der Waals surface area contributed by atoms with Crippen molar-refractivity contribution < 1.29 is 19.2 Å². The second-order valence-electron chi connectivity index (χ2n) is 6.12. The number of nitro benzene ring substituents is 1. The number of anilines is 1. The lowest BCUT2D eigenvalue weighted by molar-refractivity contribution is -0.384. The van der Waals surface area contributed by atoms with Crippen LogP contribution in [0.1, 0.15) is 42.6 Å². The third kappa shape index (κ3) is 4.89. The van der Waals surface area contributed by atoms with Crippen molar-refractivity contribution in [1.82, 2.24) is 0 Å². The summed E-state index contributed by atoms with van der Waals surface area (Å²) >= 11 is 0. The fourth-order valence-electron chi connectivity index (χ4n) is 2.23. The molecule has 0 saturated heterocycles. The molecule has 0 aliphatic heterocycles. The van der Waals surface area contributed by atoms with E-state index in [1.165, 1.54) is 31.2 Å². The number of rotatable bonds is 6. The number of hydrogen-bond acceptors (Lipinski definition) is 5. The van der Waals surface area contributed by atoms with Crippen LogP contribution in [-0.4, -0.2) is 22.9 Å². The molecule has 0 unspecified atom stereocenters. The van der Waals surface area contributed by atoms with Gasteiger partial charge in [0.15, 0.2) is 6.10 Å². The first-order chi connectivity index (χ1) is 12.3. The highest BCUT2D eigenvalue weighted by Gasteiger charge is 2.20. The Labute approximate surface area is 151 Å². The zero-order valence-electron chi connectivity index (χ0n) is 14.8. The summed E-state index contributed by atoms with van der Waals surface area (Å²) in [6, 6.07) is 12.5. The summed E-state index contributed by atoms with van der Waals surface area (Å²) in [5.41, 5.74) is 1.56. The minimum absolute atomic E-state index is 0.141. The number of carbonyl (C=O) groups excluding carboxylic acids is 2. The van der Waals surface area contributed by atoms with Crippen molar-refractivity contribution in [1.29, 1.82) is 0 Å². The molecule has 1 amide bonds. The Kier molecular flexibility index (Phi) is 6.06. The van der Waals surface area contributed by atoms with E-state index in [9.17, 15) is 19.7 Å². The summed E-state index contributed by atoms with van der Waals surface area (Å²) in [5.74, 6) is -0.834. The molecule has 2 aromatic carbocycles. The zero-order valence-corrected chi connectivity index (χ0v) is 14.8. The number of amides is 1. The number of nitrogens with zero attached hydrogens (tertiary/aromatic N) is 1. The molecule has 0 aliphatic rings. The molecule has 26 heavy (non-hydrogen) atoms. The molecular weight excluding hydrogens is 336 g/mol. The van der Waals surface area contributed by atoms with Crippen LogP contribution < -0.4 is 5.32 Å². The summed E-state index contributed by atoms with van der Waals surface area (Å²) in [6.07, 6.45) is -1.05. The minimum atomic E-state index is -1.05. The fourth-order valence-corrected chi connectivity index (χ4v) is 2.23. The number of ether oxygens (including phenoxy) is 1. The molecule has 1 atom stereocenters. The molecule has 0 fully saturated rings. The van der Waals surface area contributed by atoms with Gasteiger partial charge < -0.3 is 10.1 Å². The largest absolute Gasteiger partial charge is 0.449 e. The predicted molar refractivity (Wildman–Crippen MR) is 97.1 cm³/mol. The van der Waals surface area contributed by atoms with E-state index in [-0.39, 0.29) is 11.4 Å². The van der Waals surface area contributed by atoms with Crippen LogP contribution in [-0.2, 0) is 9.53 Å². The summed E-state index contributed by atoms with van der Waals surface area (Å²) in [6.45, 7) is 5.54. The second kappa shape index (κ2) is 8.24. The Morgan fingerprint density at radius 3 is 2.31 bits per heavy atom. The Morgan fingerprint density at radius 2 is 1.73 bits per heavy atom. The fraction of sp³-hybridized carbons (Fsp3) is 0.263. The van der Waals surface area contributed by atoms with Gasteiger partial charge in [0.2, 0.25) is 0 Å². The normalized spacial score (nSPS) is 11.7. The van der Waals surface area contributed by atoms with E-state index in [0.29, 0.717) is 11.5 Å². The van der Waals surface area contributed by atoms with Crippen LogP contribution in [0.3, 0.4) is 0 Å². The topological polar surface area (TPSA) is 98.5 Å². The maximum absolute atomic E-state index is 12.1. The van der Waals surface area contributed by atoms with Crippen molar-refractivity contribution in [2.45, 2.75) is 32.8 Å². The van der Waals surface area contributed by atoms with Crippen molar-refractivity contribution in [2.75, 3.05) is 5.32 Å². The van der Waals surface area contributed by atoms with E-state index in [1.807, 2.05) is 26.0 Å². The molecule has 0 radical (unpaired) electrons. The van der Waals surface area contributed by atoms with E-state index < -0.39 is 22.9 Å². The Bertz CT molecular complexity index is 815. The molecule has 0 saturated carbocycles. The summed E-state index contributed by atoms with van der Waals surface area (Å²) in [5, 5.41) is 13.3. The highest BCUT2D eigenvalue weighted by Crippen LogP contribution is 2.18. The van der Waals surface area contributed by atoms with Crippen molar-refractivity contribution in [3.63, 3.8) is 0 Å². The molecule has 0 aliphatic carbocycles. The highest BCUT2D eigenvalue weighted by molar-refractivity contribution is 5.97. The average molecular weight is 356 g/mol. The van der Waals surface area contributed by atoms with Crippen molar-refractivity contribution in [3.05, 3.63) is 69.8 Å². The van der Waals surface area contributed by atoms with E-state index in [2.05, 4.69) is 5.32 Å². The van der Waals surface area contributed by atoms with Gasteiger partial charge >= 0.3 is 5.97 Å². The summed E-state index contributed by atoms with van der Waals surface area (Å²) in [7, 11) is 0. The number of non-ortho nitro benzene ring substituents is 1. The lowest BCUT2D eigenvalue weighted by Crippen LogP contribution is -2.30. The lowest BCUT2D eigenvalue weighted by Gasteiger charge is -2.14. The van der Waals surface area contributed by atoms with Gasteiger partial charge in [-0.15, -0.1) is 0 Å². The van der Waals surface area contributed by atoms with E-state index in [1.54, 1.807) is 12.1 Å². The molecule has 2 aromatic rings. The van der Waals surface area contributed by atoms with Crippen molar-refractivity contribution in [2.24, 2.45) is 0 Å². The monoisotopic (exact) mass is 356 g/mol. The summed E-state index contributed by atoms with van der Waals surface area (Å²) < 4.78 is 5.16. The first-order valence-electron chi connectivity index (χ1n) is 8.14. The number of benzene rings is 2. The van der Waals surface area contributed by atoms with Crippen LogP contribution in [0.4, 0.5) is 11.4 Å². The van der Waals surface area contributed by atoms with Gasteiger partial charge in [0.1, 0.15) is 0 Å². The standard InChI is InChI=1S/C19H20N2O5/c1-12(2)14-7-9-15(10-8-14)19(23)26-13(3)18(22)20-16-5-4-6-17(11-16)21(24)25/h4-13H,1-3H3,(H,20,22)/t13-/m0/s1. The van der Waals surface area contributed by atoms with Gasteiger partial charge in [0.05, 0.1) is 10.5 Å². The average Bonchev–Trinajstić information content (AvgIpc) is 2.61.